The number of carboxylic acid groups (broad SMARTS) is 1. The zero-order valence-corrected chi connectivity index (χ0v) is 7.97. The van der Waals surface area contributed by atoms with Crippen molar-refractivity contribution in [1.82, 2.24) is 15.1 Å². The highest BCUT2D eigenvalue weighted by molar-refractivity contribution is 6.32. The van der Waals surface area contributed by atoms with Crippen LogP contribution < -0.4 is 0 Å². The molecule has 0 aromatic carbocycles. The highest BCUT2D eigenvalue weighted by Crippen LogP contribution is 2.27. The second-order valence-electron chi connectivity index (χ2n) is 2.61. The summed E-state index contributed by atoms with van der Waals surface area (Å²) in [5.41, 5.74) is 0.223. The molecule has 2 aromatic heterocycles. The standard InChI is InChI=1S/C8H4ClN3O3/c9-7-5(8(13)14)6(15-12-7)4-1-10-3-11-2-4/h1-3H,(H,13,14). The van der Waals surface area contributed by atoms with Crippen molar-refractivity contribution in [3.05, 3.63) is 29.4 Å². The first kappa shape index (κ1) is 9.60. The quantitative estimate of drug-likeness (QED) is 0.833. The number of nitrogens with zero attached hydrogens (tertiary/aromatic N) is 3. The maximum Gasteiger partial charge on any atom is 0.342 e. The minimum atomic E-state index is -1.21. The van der Waals surface area contributed by atoms with Crippen LogP contribution in [0.1, 0.15) is 10.4 Å². The molecule has 0 radical (unpaired) electrons. The van der Waals surface area contributed by atoms with Gasteiger partial charge in [0.15, 0.2) is 10.9 Å². The van der Waals surface area contributed by atoms with Crippen LogP contribution in [0.15, 0.2) is 23.2 Å². The van der Waals surface area contributed by atoms with Crippen LogP contribution in [0.25, 0.3) is 11.3 Å². The third-order valence-electron chi connectivity index (χ3n) is 1.69. The SMILES string of the molecule is O=C(O)c1c(Cl)noc1-c1cncnc1. The van der Waals surface area contributed by atoms with Crippen molar-refractivity contribution < 1.29 is 14.4 Å². The number of carbonyl (C=O) groups is 1. The molecule has 76 valence electrons. The van der Waals surface area contributed by atoms with Crippen molar-refractivity contribution in [2.24, 2.45) is 0 Å². The van der Waals surface area contributed by atoms with Gasteiger partial charge < -0.3 is 9.63 Å². The Morgan fingerprint density at radius 3 is 2.67 bits per heavy atom. The van der Waals surface area contributed by atoms with E-state index in [-0.39, 0.29) is 16.5 Å². The van der Waals surface area contributed by atoms with E-state index in [0.29, 0.717) is 5.56 Å². The van der Waals surface area contributed by atoms with Gasteiger partial charge in [-0.15, -0.1) is 0 Å². The minimum Gasteiger partial charge on any atom is -0.477 e. The molecule has 0 unspecified atom stereocenters. The fourth-order valence-corrected chi connectivity index (χ4v) is 1.27. The smallest absolute Gasteiger partial charge is 0.342 e. The summed E-state index contributed by atoms with van der Waals surface area (Å²) in [6.07, 6.45) is 4.15. The third kappa shape index (κ3) is 1.66. The van der Waals surface area contributed by atoms with E-state index in [2.05, 4.69) is 15.1 Å². The lowest BCUT2D eigenvalue weighted by atomic mass is 10.2. The average Bonchev–Trinajstić information content (AvgIpc) is 2.61. The molecule has 15 heavy (non-hydrogen) atoms. The summed E-state index contributed by atoms with van der Waals surface area (Å²) >= 11 is 5.56. The van der Waals surface area contributed by atoms with E-state index in [0.717, 1.165) is 0 Å². The predicted octanol–water partition coefficient (Wildman–Crippen LogP) is 1.48. The summed E-state index contributed by atoms with van der Waals surface area (Å²) in [4.78, 5) is 18.3. The summed E-state index contributed by atoms with van der Waals surface area (Å²) in [7, 11) is 0. The monoisotopic (exact) mass is 225 g/mol. The van der Waals surface area contributed by atoms with Gasteiger partial charge in [-0.05, 0) is 0 Å². The molecular formula is C8H4ClN3O3. The number of halogens is 1. The number of carboxylic acids is 1. The topological polar surface area (TPSA) is 89.1 Å². The molecule has 2 aromatic rings. The van der Waals surface area contributed by atoms with E-state index in [9.17, 15) is 4.79 Å². The lowest BCUT2D eigenvalue weighted by Crippen LogP contribution is -1.97. The summed E-state index contributed by atoms with van der Waals surface area (Å²) in [5, 5.41) is 12.0. The summed E-state index contributed by atoms with van der Waals surface area (Å²) in [6, 6.07) is 0. The van der Waals surface area contributed by atoms with Crippen molar-refractivity contribution in [2.45, 2.75) is 0 Å². The van der Waals surface area contributed by atoms with Gasteiger partial charge in [0, 0.05) is 12.4 Å². The Morgan fingerprint density at radius 1 is 1.40 bits per heavy atom. The highest BCUT2D eigenvalue weighted by atomic mass is 35.5. The molecule has 0 spiro atoms. The number of aromatic carboxylic acids is 1. The van der Waals surface area contributed by atoms with Gasteiger partial charge >= 0.3 is 5.97 Å². The predicted molar refractivity (Wildman–Crippen MR) is 49.5 cm³/mol. The summed E-state index contributed by atoms with van der Waals surface area (Å²) < 4.78 is 4.80. The van der Waals surface area contributed by atoms with Gasteiger partial charge in [-0.2, -0.15) is 0 Å². The van der Waals surface area contributed by atoms with Gasteiger partial charge in [0.25, 0.3) is 0 Å². The molecule has 0 aliphatic heterocycles. The maximum absolute atomic E-state index is 10.9. The molecule has 7 heteroatoms. The molecule has 0 saturated carbocycles. The van der Waals surface area contributed by atoms with Crippen LogP contribution in [0, 0.1) is 0 Å². The van der Waals surface area contributed by atoms with Crippen molar-refractivity contribution in [3.63, 3.8) is 0 Å². The Kier molecular flexibility index (Phi) is 2.34. The van der Waals surface area contributed by atoms with E-state index in [4.69, 9.17) is 21.2 Å². The number of hydrogen-bond donors (Lipinski definition) is 1. The van der Waals surface area contributed by atoms with Crippen LogP contribution >= 0.6 is 11.6 Å². The first-order valence-corrected chi connectivity index (χ1v) is 4.22. The molecule has 1 N–H and O–H groups in total. The summed E-state index contributed by atoms with van der Waals surface area (Å²) in [5.74, 6) is -1.16. The normalized spacial score (nSPS) is 10.2. The molecule has 0 fully saturated rings. The van der Waals surface area contributed by atoms with E-state index >= 15 is 0 Å². The van der Waals surface area contributed by atoms with E-state index in [1.807, 2.05) is 0 Å². The van der Waals surface area contributed by atoms with Crippen LogP contribution in [0.4, 0.5) is 0 Å². The zero-order chi connectivity index (χ0) is 10.8. The minimum absolute atomic E-state index is 0.0492. The van der Waals surface area contributed by atoms with Crippen LogP contribution in [-0.2, 0) is 0 Å². The van der Waals surface area contributed by atoms with E-state index in [1.54, 1.807) is 0 Å². The van der Waals surface area contributed by atoms with Gasteiger partial charge in [-0.25, -0.2) is 14.8 Å². The molecule has 0 aliphatic carbocycles. The second-order valence-corrected chi connectivity index (χ2v) is 2.97. The van der Waals surface area contributed by atoms with Gasteiger partial charge in [0.05, 0.1) is 5.56 Å². The lowest BCUT2D eigenvalue weighted by Gasteiger charge is -1.94. The molecule has 2 heterocycles. The Balaban J connectivity index is 2.59. The fourth-order valence-electron chi connectivity index (χ4n) is 1.07. The first-order chi connectivity index (χ1) is 7.20. The molecule has 0 bridgehead atoms. The van der Waals surface area contributed by atoms with Gasteiger partial charge in [-0.1, -0.05) is 16.8 Å². The largest absolute Gasteiger partial charge is 0.477 e. The van der Waals surface area contributed by atoms with Gasteiger partial charge in [-0.3, -0.25) is 0 Å². The van der Waals surface area contributed by atoms with Crippen LogP contribution in [-0.4, -0.2) is 26.2 Å². The fraction of sp³-hybridized carbons (Fsp3) is 0. The van der Waals surface area contributed by atoms with Gasteiger partial charge in [0.1, 0.15) is 11.9 Å². The van der Waals surface area contributed by atoms with Crippen LogP contribution in [0.3, 0.4) is 0 Å². The molecule has 0 amide bonds. The maximum atomic E-state index is 10.9. The van der Waals surface area contributed by atoms with Crippen molar-refractivity contribution in [1.29, 1.82) is 0 Å². The number of aromatic nitrogens is 3. The summed E-state index contributed by atoms with van der Waals surface area (Å²) in [6.45, 7) is 0. The zero-order valence-electron chi connectivity index (χ0n) is 7.22. The molecule has 0 atom stereocenters. The third-order valence-corrected chi connectivity index (χ3v) is 1.95. The lowest BCUT2D eigenvalue weighted by molar-refractivity contribution is 0.0697. The highest BCUT2D eigenvalue weighted by Gasteiger charge is 2.22. The van der Waals surface area contributed by atoms with Crippen molar-refractivity contribution >= 4 is 17.6 Å². The Bertz CT molecular complexity index is 497. The Labute approximate surface area is 88.5 Å². The number of hydrogen-bond acceptors (Lipinski definition) is 5. The molecule has 6 nitrogen and oxygen atoms in total. The molecule has 0 aliphatic rings. The van der Waals surface area contributed by atoms with Crippen LogP contribution in [0.2, 0.25) is 5.15 Å². The Morgan fingerprint density at radius 2 is 2.07 bits per heavy atom. The van der Waals surface area contributed by atoms with E-state index in [1.165, 1.54) is 18.7 Å². The average molecular weight is 226 g/mol. The van der Waals surface area contributed by atoms with Crippen molar-refractivity contribution in [3.8, 4) is 11.3 Å². The second kappa shape index (κ2) is 3.66. The molecular weight excluding hydrogens is 222 g/mol. The van der Waals surface area contributed by atoms with Gasteiger partial charge in [0.2, 0.25) is 0 Å². The molecule has 0 saturated heterocycles. The van der Waals surface area contributed by atoms with Crippen molar-refractivity contribution in [2.75, 3.05) is 0 Å². The molecule has 2 rings (SSSR count). The Hall–Kier alpha value is -1.95. The number of rotatable bonds is 2. The van der Waals surface area contributed by atoms with E-state index < -0.39 is 5.97 Å². The first-order valence-electron chi connectivity index (χ1n) is 3.84. The van der Waals surface area contributed by atoms with Crippen LogP contribution in [0.5, 0.6) is 0 Å².